The van der Waals surface area contributed by atoms with Gasteiger partial charge >= 0.3 is 0 Å². The van der Waals surface area contributed by atoms with Crippen molar-refractivity contribution in [3.8, 4) is 11.5 Å². The van der Waals surface area contributed by atoms with Crippen molar-refractivity contribution in [2.24, 2.45) is 0 Å². The zero-order valence-corrected chi connectivity index (χ0v) is 12.8. The molecule has 0 amide bonds. The van der Waals surface area contributed by atoms with Crippen LogP contribution in [0.1, 0.15) is 27.9 Å². The molecule has 1 aliphatic rings. The highest BCUT2D eigenvalue weighted by Gasteiger charge is 2.24. The second-order valence-electron chi connectivity index (χ2n) is 5.26. The lowest BCUT2D eigenvalue weighted by Crippen LogP contribution is -2.15. The molecule has 0 aliphatic heterocycles. The molecule has 0 fully saturated rings. The van der Waals surface area contributed by atoms with Gasteiger partial charge in [-0.3, -0.25) is 4.79 Å². The first kappa shape index (κ1) is 14.4. The Bertz CT molecular complexity index is 727. The summed E-state index contributed by atoms with van der Waals surface area (Å²) in [7, 11) is 3.28. The molecule has 1 aliphatic carbocycles. The number of ether oxygens (including phenoxy) is 2. The number of benzene rings is 2. The molecule has 0 bridgehead atoms. The molecule has 0 N–H and O–H groups in total. The summed E-state index contributed by atoms with van der Waals surface area (Å²) >= 11 is 0. The molecule has 0 radical (unpaired) electrons. The van der Waals surface area contributed by atoms with E-state index in [1.165, 1.54) is 0 Å². The number of methoxy groups -OCH3 is 2. The molecule has 0 aromatic heterocycles. The number of ketones is 1. The Morgan fingerprint density at radius 1 is 0.955 bits per heavy atom. The third kappa shape index (κ3) is 2.62. The van der Waals surface area contributed by atoms with Crippen LogP contribution in [0, 0.1) is 0 Å². The van der Waals surface area contributed by atoms with E-state index in [1.807, 2.05) is 48.5 Å². The standard InChI is InChI=1S/C19H18O3/c1-21-15-9-6-13(7-10-15)12-14-8-11-16-17(19(14)20)4-3-5-18(16)22-2/h3-7,9-10,12H,8,11H2,1-2H3/b14-12+. The number of hydrogen-bond acceptors (Lipinski definition) is 3. The zero-order valence-electron chi connectivity index (χ0n) is 12.8. The first-order valence-corrected chi connectivity index (χ1v) is 7.28. The molecule has 3 rings (SSSR count). The smallest absolute Gasteiger partial charge is 0.189 e. The minimum Gasteiger partial charge on any atom is -0.497 e. The number of carbonyl (C=O) groups excluding carboxylic acids is 1. The lowest BCUT2D eigenvalue weighted by molar-refractivity contribution is 0.102. The van der Waals surface area contributed by atoms with Crippen LogP contribution in [0.5, 0.6) is 11.5 Å². The normalized spacial score (nSPS) is 15.5. The Labute approximate surface area is 130 Å². The Balaban J connectivity index is 1.93. The summed E-state index contributed by atoms with van der Waals surface area (Å²) in [4.78, 5) is 12.7. The summed E-state index contributed by atoms with van der Waals surface area (Å²) < 4.78 is 10.5. The molecule has 0 spiro atoms. The van der Waals surface area contributed by atoms with Gasteiger partial charge in [-0.25, -0.2) is 0 Å². The van der Waals surface area contributed by atoms with Gasteiger partial charge in [0.15, 0.2) is 5.78 Å². The van der Waals surface area contributed by atoms with Crippen LogP contribution in [0.25, 0.3) is 6.08 Å². The monoisotopic (exact) mass is 294 g/mol. The van der Waals surface area contributed by atoms with E-state index in [2.05, 4.69) is 0 Å². The second kappa shape index (κ2) is 6.06. The Morgan fingerprint density at radius 3 is 2.41 bits per heavy atom. The quantitative estimate of drug-likeness (QED) is 0.805. The van der Waals surface area contributed by atoms with Gasteiger partial charge in [0, 0.05) is 16.7 Å². The number of fused-ring (bicyclic) bond motifs is 1. The van der Waals surface area contributed by atoms with Crippen molar-refractivity contribution < 1.29 is 14.3 Å². The van der Waals surface area contributed by atoms with E-state index in [1.54, 1.807) is 14.2 Å². The molecule has 2 aromatic carbocycles. The molecule has 0 atom stereocenters. The fourth-order valence-corrected chi connectivity index (χ4v) is 2.81. The molecular formula is C19H18O3. The predicted octanol–water partition coefficient (Wildman–Crippen LogP) is 3.92. The van der Waals surface area contributed by atoms with Crippen molar-refractivity contribution in [2.45, 2.75) is 12.8 Å². The highest BCUT2D eigenvalue weighted by molar-refractivity contribution is 6.13. The van der Waals surface area contributed by atoms with Gasteiger partial charge in [-0.15, -0.1) is 0 Å². The highest BCUT2D eigenvalue weighted by Crippen LogP contribution is 2.32. The van der Waals surface area contributed by atoms with Crippen LogP contribution in [0.15, 0.2) is 48.0 Å². The van der Waals surface area contributed by atoms with Gasteiger partial charge in [0.05, 0.1) is 14.2 Å². The Hall–Kier alpha value is -2.55. The summed E-state index contributed by atoms with van der Waals surface area (Å²) in [6.07, 6.45) is 3.52. The van der Waals surface area contributed by atoms with Crippen molar-refractivity contribution in [1.82, 2.24) is 0 Å². The summed E-state index contributed by atoms with van der Waals surface area (Å²) in [5, 5.41) is 0. The first-order valence-electron chi connectivity index (χ1n) is 7.28. The van der Waals surface area contributed by atoms with Crippen molar-refractivity contribution in [1.29, 1.82) is 0 Å². The van der Waals surface area contributed by atoms with Crippen molar-refractivity contribution in [2.75, 3.05) is 14.2 Å². The minimum absolute atomic E-state index is 0.0935. The maximum atomic E-state index is 12.7. The minimum atomic E-state index is 0.0935. The van der Waals surface area contributed by atoms with Crippen LogP contribution < -0.4 is 9.47 Å². The van der Waals surface area contributed by atoms with E-state index in [0.29, 0.717) is 0 Å². The maximum absolute atomic E-state index is 12.7. The maximum Gasteiger partial charge on any atom is 0.189 e. The molecule has 0 saturated heterocycles. The molecule has 112 valence electrons. The summed E-state index contributed by atoms with van der Waals surface area (Å²) in [5.41, 5.74) is 3.62. The number of allylic oxidation sites excluding steroid dienone is 1. The van der Waals surface area contributed by atoms with Crippen LogP contribution in [0.2, 0.25) is 0 Å². The van der Waals surface area contributed by atoms with Crippen molar-refractivity contribution >= 4 is 11.9 Å². The average Bonchev–Trinajstić information content (AvgIpc) is 2.57. The SMILES string of the molecule is COc1ccc(/C=C2\CCc3c(OC)cccc3C2=O)cc1. The predicted molar refractivity (Wildman–Crippen MR) is 86.6 cm³/mol. The summed E-state index contributed by atoms with van der Waals surface area (Å²) in [6.45, 7) is 0. The molecule has 2 aromatic rings. The summed E-state index contributed by atoms with van der Waals surface area (Å²) in [6, 6.07) is 13.4. The molecule has 22 heavy (non-hydrogen) atoms. The van der Waals surface area contributed by atoms with E-state index < -0.39 is 0 Å². The van der Waals surface area contributed by atoms with Gasteiger partial charge in [0.2, 0.25) is 0 Å². The van der Waals surface area contributed by atoms with Gasteiger partial charge in [-0.05, 0) is 42.7 Å². The second-order valence-corrected chi connectivity index (χ2v) is 5.26. The van der Waals surface area contributed by atoms with Gasteiger partial charge < -0.3 is 9.47 Å². The van der Waals surface area contributed by atoms with E-state index in [4.69, 9.17) is 9.47 Å². The molecule has 0 heterocycles. The number of carbonyl (C=O) groups is 1. The topological polar surface area (TPSA) is 35.5 Å². The lowest BCUT2D eigenvalue weighted by Gasteiger charge is -2.19. The largest absolute Gasteiger partial charge is 0.497 e. The van der Waals surface area contributed by atoms with Crippen LogP contribution in [-0.4, -0.2) is 20.0 Å². The third-order valence-electron chi connectivity index (χ3n) is 3.99. The van der Waals surface area contributed by atoms with Gasteiger partial charge in [0.25, 0.3) is 0 Å². The van der Waals surface area contributed by atoms with E-state index in [9.17, 15) is 4.79 Å². The fraction of sp³-hybridized carbons (Fsp3) is 0.211. The Kier molecular flexibility index (Phi) is 3.96. The lowest BCUT2D eigenvalue weighted by atomic mass is 9.85. The first-order chi connectivity index (χ1) is 10.7. The molecule has 0 saturated carbocycles. The Morgan fingerprint density at radius 2 is 1.73 bits per heavy atom. The highest BCUT2D eigenvalue weighted by atomic mass is 16.5. The van der Waals surface area contributed by atoms with E-state index >= 15 is 0 Å². The van der Waals surface area contributed by atoms with Crippen LogP contribution in [0.4, 0.5) is 0 Å². The molecule has 3 nitrogen and oxygen atoms in total. The van der Waals surface area contributed by atoms with E-state index in [0.717, 1.165) is 46.6 Å². The van der Waals surface area contributed by atoms with Crippen molar-refractivity contribution in [3.05, 3.63) is 64.7 Å². The van der Waals surface area contributed by atoms with Gasteiger partial charge in [-0.2, -0.15) is 0 Å². The number of rotatable bonds is 3. The van der Waals surface area contributed by atoms with E-state index in [-0.39, 0.29) is 5.78 Å². The van der Waals surface area contributed by atoms with Crippen molar-refractivity contribution in [3.63, 3.8) is 0 Å². The van der Waals surface area contributed by atoms with Gasteiger partial charge in [-0.1, -0.05) is 24.3 Å². The van der Waals surface area contributed by atoms with Crippen LogP contribution in [-0.2, 0) is 6.42 Å². The van der Waals surface area contributed by atoms with Gasteiger partial charge in [0.1, 0.15) is 11.5 Å². The molecule has 0 unspecified atom stereocenters. The average molecular weight is 294 g/mol. The third-order valence-corrected chi connectivity index (χ3v) is 3.99. The number of Topliss-reactive ketones (excluding diaryl/α,β-unsaturated/α-hetero) is 1. The number of hydrogen-bond donors (Lipinski definition) is 0. The zero-order chi connectivity index (χ0) is 15.5. The summed E-state index contributed by atoms with van der Waals surface area (Å²) in [5.74, 6) is 1.71. The molecule has 3 heteroatoms. The fourth-order valence-electron chi connectivity index (χ4n) is 2.81. The van der Waals surface area contributed by atoms with Crippen LogP contribution >= 0.6 is 0 Å². The van der Waals surface area contributed by atoms with Crippen LogP contribution in [0.3, 0.4) is 0 Å². The molecular weight excluding hydrogens is 276 g/mol.